The van der Waals surface area contributed by atoms with Crippen LogP contribution in [0, 0.1) is 0 Å². The number of imidazole rings is 2. The first-order valence-corrected chi connectivity index (χ1v) is 14.1. The van der Waals surface area contributed by atoms with Crippen LogP contribution < -0.4 is 11.5 Å². The molecule has 0 amide bonds. The Morgan fingerprint density at radius 2 is 1.31 bits per heavy atom. The molecule has 0 aliphatic heterocycles. The van der Waals surface area contributed by atoms with Crippen LogP contribution in [0.1, 0.15) is 36.8 Å². The highest BCUT2D eigenvalue weighted by Crippen LogP contribution is 2.36. The summed E-state index contributed by atoms with van der Waals surface area (Å²) in [4.78, 5) is 26.9. The van der Waals surface area contributed by atoms with Crippen molar-refractivity contribution in [2.45, 2.75) is 37.8 Å². The summed E-state index contributed by atoms with van der Waals surface area (Å²) in [7, 11) is 0. The van der Waals surface area contributed by atoms with Crippen LogP contribution in [0.3, 0.4) is 0 Å². The van der Waals surface area contributed by atoms with Gasteiger partial charge in [-0.25, -0.2) is 9.97 Å². The van der Waals surface area contributed by atoms with Crippen molar-refractivity contribution < 1.29 is 0 Å². The summed E-state index contributed by atoms with van der Waals surface area (Å²) in [6.07, 6.45) is 4.53. The van der Waals surface area contributed by atoms with Gasteiger partial charge < -0.3 is 21.4 Å². The third-order valence-electron chi connectivity index (χ3n) is 7.32. The first kappa shape index (κ1) is 22.5. The Balaban J connectivity index is 1.10. The maximum Gasteiger partial charge on any atom is 0.148 e. The van der Waals surface area contributed by atoms with E-state index in [0.29, 0.717) is 23.8 Å². The molecule has 0 radical (unpaired) electrons. The molecule has 2 aliphatic rings. The van der Waals surface area contributed by atoms with Crippen LogP contribution in [0.4, 0.5) is 0 Å². The Labute approximate surface area is 227 Å². The molecular weight excluding hydrogens is 504 g/mol. The SMILES string of the molecule is NC(=NC1CC1)c1ccc2nc(-c3ccc4cc(-c5nc6ccc(C(N)=NC7CC7)cc6[nH]5)sc4c3)[nH]c2c1. The van der Waals surface area contributed by atoms with Crippen molar-refractivity contribution in [1.82, 2.24) is 19.9 Å². The number of aromatic amines is 2. The number of rotatable bonds is 6. The van der Waals surface area contributed by atoms with Crippen LogP contribution in [-0.2, 0) is 0 Å². The van der Waals surface area contributed by atoms with Gasteiger partial charge in [0.15, 0.2) is 0 Å². The summed E-state index contributed by atoms with van der Waals surface area (Å²) in [5.74, 6) is 2.88. The topological polar surface area (TPSA) is 134 Å². The van der Waals surface area contributed by atoms with E-state index in [-0.39, 0.29) is 0 Å². The summed E-state index contributed by atoms with van der Waals surface area (Å²) in [5, 5.41) is 1.17. The normalized spacial score (nSPS) is 16.6. The number of aliphatic imine (C=N–C) groups is 2. The van der Waals surface area contributed by atoms with Crippen molar-refractivity contribution in [1.29, 1.82) is 0 Å². The minimum atomic E-state index is 0.391. The van der Waals surface area contributed by atoms with E-state index in [1.807, 2.05) is 36.4 Å². The second kappa shape index (κ2) is 8.51. The van der Waals surface area contributed by atoms with Crippen LogP contribution >= 0.6 is 11.3 Å². The average Bonchev–Trinajstić information content (AvgIpc) is 3.79. The molecule has 6 N–H and O–H groups in total. The first-order valence-electron chi connectivity index (χ1n) is 13.3. The quantitative estimate of drug-likeness (QED) is 0.162. The minimum absolute atomic E-state index is 0.391. The van der Waals surface area contributed by atoms with Crippen LogP contribution in [0.25, 0.3) is 54.2 Å². The molecule has 8 nitrogen and oxygen atoms in total. The molecule has 3 heterocycles. The number of H-pyrrole nitrogens is 2. The standard InChI is InChI=1S/C30H26N8S/c31-27(33-19-5-6-19)16-3-9-21-23(11-16)37-29(35-21)18-2-1-15-13-26(39-25(15)14-18)30-36-22-10-4-17(12-24(22)38-30)28(32)34-20-7-8-20/h1-4,9-14,19-20H,5-8H2,(H2,31,33)(H2,32,34)(H,35,37)(H,36,38). The Kier molecular flexibility index (Phi) is 4.90. The van der Waals surface area contributed by atoms with Crippen LogP contribution in [0.2, 0.25) is 0 Å². The summed E-state index contributed by atoms with van der Waals surface area (Å²) in [5.41, 5.74) is 19.1. The van der Waals surface area contributed by atoms with Crippen molar-refractivity contribution in [2.75, 3.05) is 0 Å². The monoisotopic (exact) mass is 530 g/mol. The molecule has 3 aromatic heterocycles. The predicted molar refractivity (Wildman–Crippen MR) is 159 cm³/mol. The maximum atomic E-state index is 6.22. The van der Waals surface area contributed by atoms with Gasteiger partial charge in [-0.05, 0) is 79.6 Å². The van der Waals surface area contributed by atoms with E-state index >= 15 is 0 Å². The maximum absolute atomic E-state index is 6.22. The molecule has 8 rings (SSSR count). The molecule has 192 valence electrons. The molecule has 2 saturated carbocycles. The highest BCUT2D eigenvalue weighted by molar-refractivity contribution is 7.22. The number of nitrogens with one attached hydrogen (secondary N) is 2. The molecule has 2 fully saturated rings. The molecule has 9 heteroatoms. The van der Waals surface area contributed by atoms with Gasteiger partial charge in [0, 0.05) is 21.4 Å². The minimum Gasteiger partial charge on any atom is -0.383 e. The zero-order valence-electron chi connectivity index (χ0n) is 21.1. The third kappa shape index (κ3) is 4.24. The molecule has 39 heavy (non-hydrogen) atoms. The smallest absolute Gasteiger partial charge is 0.148 e. The summed E-state index contributed by atoms with van der Waals surface area (Å²) in [6.45, 7) is 0. The van der Waals surface area contributed by atoms with E-state index < -0.39 is 0 Å². The van der Waals surface area contributed by atoms with E-state index in [0.717, 1.165) is 81.0 Å². The van der Waals surface area contributed by atoms with Crippen LogP contribution in [-0.4, -0.2) is 43.7 Å². The molecule has 0 spiro atoms. The van der Waals surface area contributed by atoms with Gasteiger partial charge >= 0.3 is 0 Å². The van der Waals surface area contributed by atoms with Crippen molar-refractivity contribution >= 4 is 55.2 Å². The number of nitrogens with zero attached hydrogens (tertiary/aromatic N) is 4. The first-order chi connectivity index (χ1) is 19.1. The largest absolute Gasteiger partial charge is 0.383 e. The molecule has 0 unspecified atom stereocenters. The van der Waals surface area contributed by atoms with E-state index in [4.69, 9.17) is 21.4 Å². The number of benzene rings is 3. The lowest BCUT2D eigenvalue weighted by Crippen LogP contribution is -2.14. The van der Waals surface area contributed by atoms with Gasteiger partial charge in [-0.2, -0.15) is 0 Å². The molecular formula is C30H26N8S. The van der Waals surface area contributed by atoms with E-state index in [2.05, 4.69) is 44.2 Å². The van der Waals surface area contributed by atoms with E-state index in [1.165, 1.54) is 10.1 Å². The van der Waals surface area contributed by atoms with Crippen LogP contribution in [0.5, 0.6) is 0 Å². The van der Waals surface area contributed by atoms with Crippen molar-refractivity contribution in [2.24, 2.45) is 21.5 Å². The predicted octanol–water partition coefficient (Wildman–Crippen LogP) is 5.72. The second-order valence-electron chi connectivity index (χ2n) is 10.5. The number of fused-ring (bicyclic) bond motifs is 3. The fraction of sp³-hybridized carbons (Fsp3) is 0.200. The van der Waals surface area contributed by atoms with Crippen LogP contribution in [0.15, 0.2) is 70.6 Å². The molecule has 0 saturated heterocycles. The lowest BCUT2D eigenvalue weighted by molar-refractivity contribution is 1.06. The van der Waals surface area contributed by atoms with Gasteiger partial charge in [0.25, 0.3) is 0 Å². The zero-order chi connectivity index (χ0) is 26.1. The molecule has 2 aliphatic carbocycles. The molecule has 0 bridgehead atoms. The third-order valence-corrected chi connectivity index (χ3v) is 8.42. The summed E-state index contributed by atoms with van der Waals surface area (Å²) < 4.78 is 1.17. The van der Waals surface area contributed by atoms with Crippen molar-refractivity contribution in [3.63, 3.8) is 0 Å². The number of nitrogens with two attached hydrogens (primary N) is 2. The Hall–Kier alpha value is -4.50. The van der Waals surface area contributed by atoms with Gasteiger partial charge in [-0.3, -0.25) is 9.98 Å². The van der Waals surface area contributed by atoms with Gasteiger partial charge in [0.05, 0.1) is 39.0 Å². The lowest BCUT2D eigenvalue weighted by Gasteiger charge is -2.00. The van der Waals surface area contributed by atoms with E-state index in [9.17, 15) is 0 Å². The highest BCUT2D eigenvalue weighted by atomic mass is 32.1. The van der Waals surface area contributed by atoms with Gasteiger partial charge in [-0.1, -0.05) is 12.1 Å². The highest BCUT2D eigenvalue weighted by Gasteiger charge is 2.22. The number of amidine groups is 2. The summed E-state index contributed by atoms with van der Waals surface area (Å²) in [6, 6.07) is 21.5. The fourth-order valence-electron chi connectivity index (χ4n) is 4.84. The zero-order valence-corrected chi connectivity index (χ0v) is 21.9. The Morgan fingerprint density at radius 3 is 1.92 bits per heavy atom. The molecule has 0 atom stereocenters. The number of thiophene rings is 1. The molecule has 3 aromatic carbocycles. The van der Waals surface area contributed by atoms with Gasteiger partial charge in [0.1, 0.15) is 23.3 Å². The van der Waals surface area contributed by atoms with Crippen molar-refractivity contribution in [3.05, 3.63) is 71.8 Å². The Morgan fingerprint density at radius 1 is 0.718 bits per heavy atom. The number of hydrogen-bond acceptors (Lipinski definition) is 5. The van der Waals surface area contributed by atoms with Crippen molar-refractivity contribution in [3.8, 4) is 22.1 Å². The Bertz CT molecular complexity index is 1860. The number of hydrogen-bond donors (Lipinski definition) is 4. The van der Waals surface area contributed by atoms with E-state index in [1.54, 1.807) is 11.3 Å². The average molecular weight is 531 g/mol. The lowest BCUT2D eigenvalue weighted by atomic mass is 10.1. The second-order valence-corrected chi connectivity index (χ2v) is 11.6. The molecule has 6 aromatic rings. The number of aromatic nitrogens is 4. The van der Waals surface area contributed by atoms with Gasteiger partial charge in [0.2, 0.25) is 0 Å². The van der Waals surface area contributed by atoms with Gasteiger partial charge in [-0.15, -0.1) is 11.3 Å². The summed E-state index contributed by atoms with van der Waals surface area (Å²) >= 11 is 1.71. The fourth-order valence-corrected chi connectivity index (χ4v) is 5.88.